The first-order valence-electron chi connectivity index (χ1n) is 8.68. The molecular formula is C20H18N4O4S. The molecule has 3 rings (SSSR count). The Bertz CT molecular complexity index is 1190. The Kier molecular flexibility index (Phi) is 5.95. The van der Waals surface area contributed by atoms with E-state index in [0.29, 0.717) is 11.1 Å². The lowest BCUT2D eigenvalue weighted by atomic mass is 10.1. The molecular weight excluding hydrogens is 392 g/mol. The summed E-state index contributed by atoms with van der Waals surface area (Å²) in [4.78, 5) is 27.0. The van der Waals surface area contributed by atoms with E-state index in [4.69, 9.17) is 5.26 Å². The summed E-state index contributed by atoms with van der Waals surface area (Å²) in [6, 6.07) is 15.5. The van der Waals surface area contributed by atoms with Crippen molar-refractivity contribution in [1.29, 1.82) is 5.26 Å². The molecule has 0 fully saturated rings. The van der Waals surface area contributed by atoms with Gasteiger partial charge >= 0.3 is 0 Å². The van der Waals surface area contributed by atoms with Crippen LogP contribution in [-0.2, 0) is 31.6 Å². The van der Waals surface area contributed by atoms with Crippen LogP contribution in [0, 0.1) is 11.3 Å². The maximum absolute atomic E-state index is 12.2. The average molecular weight is 410 g/mol. The minimum Gasteiger partial charge on any atom is -0.361 e. The van der Waals surface area contributed by atoms with Crippen molar-refractivity contribution in [3.63, 3.8) is 0 Å². The van der Waals surface area contributed by atoms with Crippen LogP contribution in [0.2, 0.25) is 0 Å². The highest BCUT2D eigenvalue weighted by atomic mass is 32.2. The number of fused-ring (bicyclic) bond motifs is 1. The number of hydrazine groups is 1. The maximum Gasteiger partial charge on any atom is 0.253 e. The van der Waals surface area contributed by atoms with E-state index in [-0.39, 0.29) is 12.2 Å². The Morgan fingerprint density at radius 2 is 1.69 bits per heavy atom. The quantitative estimate of drug-likeness (QED) is 0.528. The van der Waals surface area contributed by atoms with Crippen LogP contribution in [0.15, 0.2) is 54.7 Å². The van der Waals surface area contributed by atoms with Gasteiger partial charge in [-0.25, -0.2) is 8.42 Å². The van der Waals surface area contributed by atoms with Crippen LogP contribution in [0.1, 0.15) is 16.7 Å². The molecule has 3 N–H and O–H groups in total. The zero-order valence-electron chi connectivity index (χ0n) is 15.3. The number of sulfone groups is 1. The number of nitrogens with zero attached hydrogens (tertiary/aromatic N) is 1. The standard InChI is InChI=1S/C20H18N4O4S/c21-10-14-5-7-15(8-6-14)12-29(27,28)13-20(26)24-23-19(25)9-16-11-22-18-4-2-1-3-17(16)18/h1-8,11,22H,9,12-13H2,(H,23,25)(H,24,26). The minimum atomic E-state index is -3.73. The molecule has 0 spiro atoms. The van der Waals surface area contributed by atoms with Crippen LogP contribution in [0.25, 0.3) is 10.9 Å². The molecule has 3 aromatic rings. The molecule has 1 aromatic heterocycles. The Labute approximate surface area is 167 Å². The first kappa shape index (κ1) is 20.1. The molecule has 8 nitrogen and oxygen atoms in total. The van der Waals surface area contributed by atoms with Gasteiger partial charge in [0.25, 0.3) is 5.91 Å². The van der Waals surface area contributed by atoms with Crippen LogP contribution >= 0.6 is 0 Å². The van der Waals surface area contributed by atoms with Gasteiger partial charge < -0.3 is 4.98 Å². The van der Waals surface area contributed by atoms with Crippen LogP contribution in [0.4, 0.5) is 0 Å². The third kappa shape index (κ3) is 5.43. The van der Waals surface area contributed by atoms with Gasteiger partial charge in [-0.3, -0.25) is 20.4 Å². The summed E-state index contributed by atoms with van der Waals surface area (Å²) >= 11 is 0. The smallest absolute Gasteiger partial charge is 0.253 e. The second-order valence-corrected chi connectivity index (χ2v) is 8.54. The lowest BCUT2D eigenvalue weighted by Crippen LogP contribution is -2.44. The molecule has 0 atom stereocenters. The van der Waals surface area contributed by atoms with Gasteiger partial charge in [-0.05, 0) is 29.3 Å². The number of hydrogen-bond donors (Lipinski definition) is 3. The molecule has 0 aliphatic rings. The Morgan fingerprint density at radius 1 is 1.00 bits per heavy atom. The van der Waals surface area contributed by atoms with Gasteiger partial charge in [0.2, 0.25) is 5.91 Å². The normalized spacial score (nSPS) is 11.0. The highest BCUT2D eigenvalue weighted by molar-refractivity contribution is 7.91. The predicted molar refractivity (Wildman–Crippen MR) is 107 cm³/mol. The lowest BCUT2D eigenvalue weighted by molar-refractivity contribution is -0.127. The molecule has 0 aliphatic heterocycles. The summed E-state index contributed by atoms with van der Waals surface area (Å²) in [5, 5.41) is 9.66. The largest absolute Gasteiger partial charge is 0.361 e. The SMILES string of the molecule is N#Cc1ccc(CS(=O)(=O)CC(=O)NNC(=O)Cc2c[nH]c3ccccc23)cc1. The summed E-state index contributed by atoms with van der Waals surface area (Å²) in [5.74, 6) is -2.39. The zero-order valence-corrected chi connectivity index (χ0v) is 16.1. The maximum atomic E-state index is 12.2. The van der Waals surface area contributed by atoms with E-state index in [0.717, 1.165) is 16.5 Å². The fraction of sp³-hybridized carbons (Fsp3) is 0.150. The van der Waals surface area contributed by atoms with Crippen molar-refractivity contribution >= 4 is 32.6 Å². The predicted octanol–water partition coefficient (Wildman–Crippen LogP) is 1.34. The van der Waals surface area contributed by atoms with Crippen molar-refractivity contribution in [2.45, 2.75) is 12.2 Å². The van der Waals surface area contributed by atoms with Crippen LogP contribution in [0.5, 0.6) is 0 Å². The van der Waals surface area contributed by atoms with Gasteiger partial charge in [0.1, 0.15) is 5.75 Å². The van der Waals surface area contributed by atoms with E-state index in [9.17, 15) is 18.0 Å². The number of amides is 2. The molecule has 9 heteroatoms. The van der Waals surface area contributed by atoms with E-state index in [1.54, 1.807) is 6.20 Å². The Hall–Kier alpha value is -3.64. The van der Waals surface area contributed by atoms with Crippen LogP contribution in [0.3, 0.4) is 0 Å². The van der Waals surface area contributed by atoms with Crippen molar-refractivity contribution in [1.82, 2.24) is 15.8 Å². The molecule has 0 bridgehead atoms. The summed E-state index contributed by atoms with van der Waals surface area (Å²) in [7, 11) is -3.73. The molecule has 0 aliphatic carbocycles. The van der Waals surface area contributed by atoms with E-state index in [1.165, 1.54) is 24.3 Å². The molecule has 2 amide bonds. The molecule has 148 valence electrons. The van der Waals surface area contributed by atoms with Crippen molar-refractivity contribution in [2.75, 3.05) is 5.75 Å². The number of nitriles is 1. The fourth-order valence-corrected chi connectivity index (χ4v) is 4.12. The number of carbonyl (C=O) groups is 2. The summed E-state index contributed by atoms with van der Waals surface area (Å²) in [6.07, 6.45) is 1.75. The topological polar surface area (TPSA) is 132 Å². The number of para-hydroxylation sites is 1. The van der Waals surface area contributed by atoms with E-state index >= 15 is 0 Å². The third-order valence-electron chi connectivity index (χ3n) is 4.19. The highest BCUT2D eigenvalue weighted by Gasteiger charge is 2.18. The van der Waals surface area contributed by atoms with Crippen molar-refractivity contribution in [3.05, 3.63) is 71.4 Å². The average Bonchev–Trinajstić information content (AvgIpc) is 3.09. The minimum absolute atomic E-state index is 0.0300. The van der Waals surface area contributed by atoms with Crippen LogP contribution in [-0.4, -0.2) is 31.0 Å². The van der Waals surface area contributed by atoms with Crippen LogP contribution < -0.4 is 10.9 Å². The first-order valence-corrected chi connectivity index (χ1v) is 10.5. The van der Waals surface area contributed by atoms with Crippen molar-refractivity contribution in [2.24, 2.45) is 0 Å². The first-order chi connectivity index (χ1) is 13.9. The molecule has 29 heavy (non-hydrogen) atoms. The molecule has 0 saturated carbocycles. The third-order valence-corrected chi connectivity index (χ3v) is 5.66. The van der Waals surface area contributed by atoms with E-state index in [1.807, 2.05) is 30.3 Å². The van der Waals surface area contributed by atoms with Gasteiger partial charge in [0, 0.05) is 17.1 Å². The molecule has 1 heterocycles. The fourth-order valence-electron chi connectivity index (χ4n) is 2.85. The number of nitrogens with one attached hydrogen (secondary N) is 3. The number of H-pyrrole nitrogens is 1. The van der Waals surface area contributed by atoms with Crippen molar-refractivity contribution in [3.8, 4) is 6.07 Å². The van der Waals surface area contributed by atoms with Gasteiger partial charge in [-0.2, -0.15) is 5.26 Å². The van der Waals surface area contributed by atoms with Gasteiger partial charge in [-0.15, -0.1) is 0 Å². The van der Waals surface area contributed by atoms with Gasteiger partial charge in [0.05, 0.1) is 23.8 Å². The number of hydrogen-bond acceptors (Lipinski definition) is 5. The molecule has 0 radical (unpaired) electrons. The number of aromatic nitrogens is 1. The highest BCUT2D eigenvalue weighted by Crippen LogP contribution is 2.17. The Balaban J connectivity index is 1.50. The number of carbonyl (C=O) groups excluding carboxylic acids is 2. The summed E-state index contributed by atoms with van der Waals surface area (Å²) < 4.78 is 24.3. The molecule has 0 saturated heterocycles. The van der Waals surface area contributed by atoms with Gasteiger partial charge in [-0.1, -0.05) is 30.3 Å². The van der Waals surface area contributed by atoms with E-state index < -0.39 is 27.4 Å². The number of benzene rings is 2. The van der Waals surface area contributed by atoms with Crippen molar-refractivity contribution < 1.29 is 18.0 Å². The second-order valence-electron chi connectivity index (χ2n) is 6.47. The van der Waals surface area contributed by atoms with E-state index in [2.05, 4.69) is 15.8 Å². The monoisotopic (exact) mass is 410 g/mol. The molecule has 0 unspecified atom stereocenters. The summed E-state index contributed by atoms with van der Waals surface area (Å²) in [5.41, 5.74) is 6.92. The zero-order chi connectivity index (χ0) is 20.9. The molecule has 2 aromatic carbocycles. The van der Waals surface area contributed by atoms with Gasteiger partial charge in [0.15, 0.2) is 9.84 Å². The summed E-state index contributed by atoms with van der Waals surface area (Å²) in [6.45, 7) is 0. The Morgan fingerprint density at radius 3 is 2.41 bits per heavy atom. The number of rotatable bonds is 6. The lowest BCUT2D eigenvalue weighted by Gasteiger charge is -2.08. The number of aromatic amines is 1. The second kappa shape index (κ2) is 8.58.